The molecule has 3 aromatic rings. The maximum absolute atomic E-state index is 13.0. The zero-order valence-electron chi connectivity index (χ0n) is 15.5. The number of amides is 2. The Labute approximate surface area is 180 Å². The molecule has 2 amide bonds. The monoisotopic (exact) mass is 472 g/mol. The zero-order chi connectivity index (χ0) is 20.4. The molecule has 0 unspecified atom stereocenters. The lowest BCUT2D eigenvalue weighted by Crippen LogP contribution is -2.40. The van der Waals surface area contributed by atoms with E-state index in [4.69, 9.17) is 4.42 Å². The van der Waals surface area contributed by atoms with Crippen molar-refractivity contribution in [3.05, 3.63) is 53.0 Å². The van der Waals surface area contributed by atoms with Gasteiger partial charge in [-0.15, -0.1) is 10.2 Å². The van der Waals surface area contributed by atoms with Gasteiger partial charge in [-0.1, -0.05) is 36.0 Å². The Balaban J connectivity index is 1.50. The van der Waals surface area contributed by atoms with E-state index >= 15 is 0 Å². The van der Waals surface area contributed by atoms with Gasteiger partial charge in [0.2, 0.25) is 17.7 Å². The van der Waals surface area contributed by atoms with E-state index in [1.54, 1.807) is 11.0 Å². The fourth-order valence-corrected chi connectivity index (χ4v) is 4.25. The number of aromatic nitrogens is 2. The third-order valence-electron chi connectivity index (χ3n) is 4.46. The first-order valence-corrected chi connectivity index (χ1v) is 10.7. The second-order valence-electron chi connectivity index (χ2n) is 6.52. The largest absolute Gasteiger partial charge is 0.411 e. The lowest BCUT2D eigenvalue weighted by atomic mass is 10.2. The molecule has 0 bridgehead atoms. The summed E-state index contributed by atoms with van der Waals surface area (Å²) in [4.78, 5) is 26.7. The van der Waals surface area contributed by atoms with E-state index in [9.17, 15) is 9.59 Å². The lowest BCUT2D eigenvalue weighted by molar-refractivity contribution is -0.117. The van der Waals surface area contributed by atoms with Gasteiger partial charge in [0.15, 0.2) is 0 Å². The Morgan fingerprint density at radius 3 is 2.83 bits per heavy atom. The van der Waals surface area contributed by atoms with Crippen LogP contribution in [0.2, 0.25) is 0 Å². The van der Waals surface area contributed by atoms with Crippen LogP contribution in [0, 0.1) is 0 Å². The van der Waals surface area contributed by atoms with Crippen molar-refractivity contribution in [2.75, 3.05) is 16.0 Å². The van der Waals surface area contributed by atoms with Crippen LogP contribution in [0.15, 0.2) is 62.6 Å². The van der Waals surface area contributed by atoms with Crippen molar-refractivity contribution in [2.24, 2.45) is 0 Å². The first kappa shape index (κ1) is 19.7. The molecule has 2 aromatic carbocycles. The van der Waals surface area contributed by atoms with Gasteiger partial charge in [0.25, 0.3) is 5.22 Å². The van der Waals surface area contributed by atoms with Crippen molar-refractivity contribution in [3.63, 3.8) is 0 Å². The summed E-state index contributed by atoms with van der Waals surface area (Å²) in [7, 11) is 0. The number of fused-ring (bicyclic) bond motifs is 1. The number of hydrogen-bond donors (Lipinski definition) is 1. The molecule has 148 valence electrons. The third-order valence-corrected chi connectivity index (χ3v) is 5.95. The fourth-order valence-electron chi connectivity index (χ4n) is 3.17. The molecule has 29 heavy (non-hydrogen) atoms. The average Bonchev–Trinajstić information content (AvgIpc) is 3.12. The summed E-state index contributed by atoms with van der Waals surface area (Å²) < 4.78 is 6.55. The Bertz CT molecular complexity index is 1070. The molecule has 1 aromatic heterocycles. The first-order chi connectivity index (χ1) is 14.0. The predicted molar refractivity (Wildman–Crippen MR) is 115 cm³/mol. The van der Waals surface area contributed by atoms with Gasteiger partial charge >= 0.3 is 0 Å². The van der Waals surface area contributed by atoms with Gasteiger partial charge in [-0.25, -0.2) is 0 Å². The molecular formula is C20H17BrN4O3S. The molecule has 0 spiro atoms. The Kier molecular flexibility index (Phi) is 5.68. The quantitative estimate of drug-likeness (QED) is 0.567. The number of nitrogens with one attached hydrogen (secondary N) is 1. The molecule has 1 N–H and O–H groups in total. The highest BCUT2D eigenvalue weighted by Crippen LogP contribution is 2.33. The zero-order valence-corrected chi connectivity index (χ0v) is 17.9. The number of benzene rings is 2. The van der Waals surface area contributed by atoms with Gasteiger partial charge in [0.05, 0.1) is 22.7 Å². The highest BCUT2D eigenvalue weighted by Gasteiger charge is 2.29. The van der Waals surface area contributed by atoms with Crippen molar-refractivity contribution in [1.82, 2.24) is 10.2 Å². The van der Waals surface area contributed by atoms with Crippen molar-refractivity contribution in [2.45, 2.75) is 24.6 Å². The average molecular weight is 473 g/mol. The summed E-state index contributed by atoms with van der Waals surface area (Å²) in [6, 6.07) is 14.6. The molecule has 1 aliphatic rings. The van der Waals surface area contributed by atoms with Crippen molar-refractivity contribution in [3.8, 4) is 11.5 Å². The Morgan fingerprint density at radius 2 is 2.00 bits per heavy atom. The van der Waals surface area contributed by atoms with E-state index in [2.05, 4.69) is 31.4 Å². The van der Waals surface area contributed by atoms with Crippen molar-refractivity contribution >= 4 is 50.9 Å². The molecule has 7 nitrogen and oxygen atoms in total. The fraction of sp³-hybridized carbons (Fsp3) is 0.200. The van der Waals surface area contributed by atoms with Crippen LogP contribution in [-0.2, 0) is 9.59 Å². The summed E-state index contributed by atoms with van der Waals surface area (Å²) in [5.41, 5.74) is 2.11. The molecule has 4 rings (SSSR count). The van der Waals surface area contributed by atoms with Crippen LogP contribution < -0.4 is 10.2 Å². The predicted octanol–water partition coefficient (Wildman–Crippen LogP) is 4.36. The minimum Gasteiger partial charge on any atom is -0.411 e. The number of anilines is 2. The normalized spacial score (nSPS) is 16.1. The molecule has 2 heterocycles. The Morgan fingerprint density at radius 1 is 1.24 bits per heavy atom. The van der Waals surface area contributed by atoms with Crippen LogP contribution in [0.5, 0.6) is 0 Å². The summed E-state index contributed by atoms with van der Waals surface area (Å²) >= 11 is 4.64. The number of para-hydroxylation sites is 2. The number of hydrogen-bond acceptors (Lipinski definition) is 6. The first-order valence-electron chi connectivity index (χ1n) is 8.95. The summed E-state index contributed by atoms with van der Waals surface area (Å²) in [6.45, 7) is 1.86. The minimum absolute atomic E-state index is 0.108. The number of carbonyl (C=O) groups excluding carboxylic acids is 2. The van der Waals surface area contributed by atoms with Gasteiger partial charge in [-0.2, -0.15) is 0 Å². The van der Waals surface area contributed by atoms with Crippen molar-refractivity contribution < 1.29 is 14.0 Å². The molecule has 0 saturated carbocycles. The van der Waals surface area contributed by atoms with E-state index in [1.807, 2.05) is 49.4 Å². The van der Waals surface area contributed by atoms with E-state index in [1.165, 1.54) is 11.8 Å². The third kappa shape index (κ3) is 4.20. The number of halogens is 1. The molecular weight excluding hydrogens is 456 g/mol. The van der Waals surface area contributed by atoms with Crippen LogP contribution >= 0.6 is 27.7 Å². The summed E-state index contributed by atoms with van der Waals surface area (Å²) in [6.07, 6.45) is 0.234. The molecule has 1 atom stereocenters. The van der Waals surface area contributed by atoms with Gasteiger partial charge in [-0.3, -0.25) is 9.59 Å². The Hall–Kier alpha value is -2.65. The number of rotatable bonds is 4. The molecule has 1 aliphatic heterocycles. The van der Waals surface area contributed by atoms with E-state index < -0.39 is 0 Å². The smallest absolute Gasteiger partial charge is 0.277 e. The van der Waals surface area contributed by atoms with Crippen LogP contribution in [0.1, 0.15) is 13.3 Å². The van der Waals surface area contributed by atoms with E-state index in [-0.39, 0.29) is 30.0 Å². The van der Waals surface area contributed by atoms with Gasteiger partial charge < -0.3 is 14.6 Å². The van der Waals surface area contributed by atoms with Crippen LogP contribution in [-0.4, -0.2) is 33.8 Å². The van der Waals surface area contributed by atoms with Gasteiger partial charge in [0.1, 0.15) is 0 Å². The maximum atomic E-state index is 13.0. The van der Waals surface area contributed by atoms with Crippen LogP contribution in [0.4, 0.5) is 11.4 Å². The van der Waals surface area contributed by atoms with Crippen LogP contribution in [0.3, 0.4) is 0 Å². The number of nitrogens with zero attached hydrogens (tertiary/aromatic N) is 3. The molecule has 0 radical (unpaired) electrons. The van der Waals surface area contributed by atoms with Gasteiger partial charge in [0, 0.05) is 16.9 Å². The summed E-state index contributed by atoms with van der Waals surface area (Å²) in [5, 5.41) is 11.3. The number of carbonyl (C=O) groups is 2. The topological polar surface area (TPSA) is 88.3 Å². The highest BCUT2D eigenvalue weighted by molar-refractivity contribution is 9.10. The van der Waals surface area contributed by atoms with Gasteiger partial charge in [-0.05, 0) is 47.1 Å². The molecule has 0 saturated heterocycles. The van der Waals surface area contributed by atoms with Crippen LogP contribution in [0.25, 0.3) is 11.5 Å². The van der Waals surface area contributed by atoms with E-state index in [0.29, 0.717) is 22.5 Å². The second kappa shape index (κ2) is 8.38. The maximum Gasteiger partial charge on any atom is 0.277 e. The lowest BCUT2D eigenvalue weighted by Gasteiger charge is -2.27. The van der Waals surface area contributed by atoms with Crippen molar-refractivity contribution in [1.29, 1.82) is 0 Å². The molecule has 0 fully saturated rings. The molecule has 9 heteroatoms. The summed E-state index contributed by atoms with van der Waals surface area (Å²) in [5.74, 6) is 0.260. The molecule has 0 aliphatic carbocycles. The standard InChI is InChI=1S/C20H17BrN4O3S/c1-12-10-17(26)22-15-8-4-5-9-16(15)25(12)18(27)11-29-20-24-23-19(28-20)13-6-2-3-7-14(13)21/h2-9,12H,10-11H2,1H3,(H,22,26)/t12-/m0/s1. The van der Waals surface area contributed by atoms with E-state index in [0.717, 1.165) is 10.0 Å². The minimum atomic E-state index is -0.259. The number of thioether (sulfide) groups is 1. The SMILES string of the molecule is C[C@H]1CC(=O)Nc2ccccc2N1C(=O)CSc1nnc(-c2ccccc2Br)o1. The highest BCUT2D eigenvalue weighted by atomic mass is 79.9. The second-order valence-corrected chi connectivity index (χ2v) is 8.30.